The average Bonchev–Trinajstić information content (AvgIpc) is 2.07. The van der Waals surface area contributed by atoms with Crippen molar-refractivity contribution in [3.63, 3.8) is 0 Å². The van der Waals surface area contributed by atoms with Crippen molar-refractivity contribution < 1.29 is 17.7 Å². The highest BCUT2D eigenvalue weighted by atomic mass is 79.9. The van der Waals surface area contributed by atoms with Crippen molar-refractivity contribution in [2.24, 2.45) is 0 Å². The predicted octanol–water partition coefficient (Wildman–Crippen LogP) is 2.22. The molecule has 14 heavy (non-hydrogen) atoms. The highest BCUT2D eigenvalue weighted by molar-refractivity contribution is 9.10. The van der Waals surface area contributed by atoms with Gasteiger partial charge in [0.1, 0.15) is 0 Å². The molecule has 0 aliphatic carbocycles. The van der Waals surface area contributed by atoms with E-state index >= 15 is 0 Å². The normalized spacial score (nSPS) is 11.6. The minimum atomic E-state index is -5.09. The first kappa shape index (κ1) is 11.4. The third kappa shape index (κ3) is 2.20. The van der Waals surface area contributed by atoms with Crippen molar-refractivity contribution in [3.8, 4) is 5.88 Å². The van der Waals surface area contributed by atoms with Crippen LogP contribution in [0.1, 0.15) is 5.69 Å². The van der Waals surface area contributed by atoms with E-state index in [0.717, 1.165) is 6.07 Å². The van der Waals surface area contributed by atoms with Gasteiger partial charge in [-0.3, -0.25) is 0 Å². The standard InChI is InChI=1S/C7H7BBrF3NO/c1-4-6(9)3-5(8(10,11)12)7(13-4)14-2/h3H,1-2H3/q-1. The van der Waals surface area contributed by atoms with Gasteiger partial charge in [-0.2, -0.15) is 0 Å². The maximum Gasteiger partial charge on any atom is 0.514 e. The SMILES string of the molecule is COc1nc(C)c(Br)cc1[B-](F)(F)F. The summed E-state index contributed by atoms with van der Waals surface area (Å²) in [6.45, 7) is -3.49. The number of aryl methyl sites for hydroxylation is 1. The highest BCUT2D eigenvalue weighted by Crippen LogP contribution is 2.21. The van der Waals surface area contributed by atoms with Crippen molar-refractivity contribution in [3.05, 3.63) is 16.2 Å². The van der Waals surface area contributed by atoms with Crippen molar-refractivity contribution in [1.29, 1.82) is 0 Å². The van der Waals surface area contributed by atoms with E-state index in [1.165, 1.54) is 7.11 Å². The Kier molecular flexibility index (Phi) is 3.09. The molecule has 0 aliphatic heterocycles. The molecule has 0 radical (unpaired) electrons. The molecule has 0 spiro atoms. The Labute approximate surface area is 87.7 Å². The molecule has 0 atom stereocenters. The number of hydrogen-bond acceptors (Lipinski definition) is 2. The molecular formula is C7H7BBrF3NO-. The second-order valence-corrected chi connectivity index (χ2v) is 3.58. The summed E-state index contributed by atoms with van der Waals surface area (Å²) in [6.07, 6.45) is 0. The molecule has 2 nitrogen and oxygen atoms in total. The number of nitrogens with zero attached hydrogens (tertiary/aromatic N) is 1. The second kappa shape index (κ2) is 3.80. The molecule has 1 aromatic heterocycles. The molecule has 0 fully saturated rings. The monoisotopic (exact) mass is 268 g/mol. The fourth-order valence-corrected chi connectivity index (χ4v) is 1.31. The topological polar surface area (TPSA) is 22.1 Å². The van der Waals surface area contributed by atoms with Crippen molar-refractivity contribution in [1.82, 2.24) is 4.98 Å². The fraction of sp³-hybridized carbons (Fsp3) is 0.286. The van der Waals surface area contributed by atoms with Gasteiger partial charge >= 0.3 is 6.98 Å². The van der Waals surface area contributed by atoms with Crippen LogP contribution < -0.4 is 10.2 Å². The first-order valence-electron chi connectivity index (χ1n) is 3.77. The van der Waals surface area contributed by atoms with Gasteiger partial charge in [-0.15, -0.1) is 0 Å². The van der Waals surface area contributed by atoms with Gasteiger partial charge in [0.05, 0.1) is 12.8 Å². The molecule has 7 heteroatoms. The van der Waals surface area contributed by atoms with Crippen molar-refractivity contribution in [2.75, 3.05) is 7.11 Å². The Morgan fingerprint density at radius 1 is 1.43 bits per heavy atom. The second-order valence-electron chi connectivity index (χ2n) is 2.73. The number of ether oxygens (including phenoxy) is 1. The van der Waals surface area contributed by atoms with Crippen LogP contribution in [0, 0.1) is 6.92 Å². The lowest BCUT2D eigenvalue weighted by molar-refractivity contribution is 0.395. The number of methoxy groups -OCH3 is 1. The largest absolute Gasteiger partial charge is 0.514 e. The number of pyridine rings is 1. The van der Waals surface area contributed by atoms with Crippen LogP contribution in [0.3, 0.4) is 0 Å². The lowest BCUT2D eigenvalue weighted by Crippen LogP contribution is -2.36. The Bertz CT molecular complexity index is 356. The molecule has 0 bridgehead atoms. The summed E-state index contributed by atoms with van der Waals surface area (Å²) in [5.41, 5.74) is -0.351. The van der Waals surface area contributed by atoms with Crippen LogP contribution in [0.4, 0.5) is 12.9 Å². The minimum absolute atomic E-state index is 0.326. The van der Waals surface area contributed by atoms with Gasteiger partial charge in [-0.1, -0.05) is 6.07 Å². The molecule has 78 valence electrons. The third-order valence-corrected chi connectivity index (χ3v) is 2.49. The zero-order valence-electron chi connectivity index (χ0n) is 7.52. The fourth-order valence-electron chi connectivity index (χ4n) is 0.971. The summed E-state index contributed by atoms with van der Waals surface area (Å²) in [7, 11) is 1.17. The van der Waals surface area contributed by atoms with E-state index in [1.54, 1.807) is 6.92 Å². The van der Waals surface area contributed by atoms with Crippen LogP contribution in [0.2, 0.25) is 0 Å². The smallest absolute Gasteiger partial charge is 0.483 e. The van der Waals surface area contributed by atoms with E-state index < -0.39 is 12.4 Å². The van der Waals surface area contributed by atoms with Crippen LogP contribution in [0.25, 0.3) is 0 Å². The van der Waals surface area contributed by atoms with E-state index in [9.17, 15) is 12.9 Å². The average molecular weight is 269 g/mol. The number of hydrogen-bond donors (Lipinski definition) is 0. The van der Waals surface area contributed by atoms with E-state index in [4.69, 9.17) is 0 Å². The molecule has 0 saturated heterocycles. The van der Waals surface area contributed by atoms with Gasteiger partial charge in [0.2, 0.25) is 0 Å². The van der Waals surface area contributed by atoms with Crippen LogP contribution in [-0.4, -0.2) is 19.1 Å². The van der Waals surface area contributed by atoms with E-state index in [2.05, 4.69) is 25.7 Å². The zero-order valence-corrected chi connectivity index (χ0v) is 9.11. The van der Waals surface area contributed by atoms with Gasteiger partial charge in [0.15, 0.2) is 5.88 Å². The summed E-state index contributed by atoms with van der Waals surface area (Å²) in [6, 6.07) is 0.987. The molecule has 0 amide bonds. The van der Waals surface area contributed by atoms with Crippen LogP contribution in [-0.2, 0) is 0 Å². The number of rotatable bonds is 2. The van der Waals surface area contributed by atoms with Crippen LogP contribution in [0.15, 0.2) is 10.5 Å². The summed E-state index contributed by atoms with van der Waals surface area (Å²) in [5.74, 6) is -0.377. The maximum absolute atomic E-state index is 12.5. The van der Waals surface area contributed by atoms with Crippen molar-refractivity contribution >= 4 is 28.4 Å². The summed E-state index contributed by atoms with van der Waals surface area (Å²) in [5, 5.41) is 0. The number of halogens is 4. The molecule has 0 aromatic carbocycles. The quantitative estimate of drug-likeness (QED) is 0.768. The first-order chi connectivity index (χ1) is 6.36. The summed E-state index contributed by atoms with van der Waals surface area (Å²) < 4.78 is 42.3. The van der Waals surface area contributed by atoms with Gasteiger partial charge in [0, 0.05) is 4.47 Å². The lowest BCUT2D eigenvalue weighted by atomic mass is 9.81. The van der Waals surface area contributed by atoms with Gasteiger partial charge < -0.3 is 17.7 Å². The molecule has 1 heterocycles. The Morgan fingerprint density at radius 3 is 2.43 bits per heavy atom. The number of aromatic nitrogens is 1. The predicted molar refractivity (Wildman–Crippen MR) is 51.9 cm³/mol. The zero-order chi connectivity index (χ0) is 10.9. The molecule has 0 N–H and O–H groups in total. The Morgan fingerprint density at radius 2 is 2.00 bits per heavy atom. The molecule has 0 saturated carbocycles. The van der Waals surface area contributed by atoms with Crippen LogP contribution in [0.5, 0.6) is 5.88 Å². The van der Waals surface area contributed by atoms with E-state index in [0.29, 0.717) is 10.2 Å². The lowest BCUT2D eigenvalue weighted by Gasteiger charge is -2.18. The van der Waals surface area contributed by atoms with E-state index in [1.807, 2.05) is 0 Å². The summed E-state index contributed by atoms with van der Waals surface area (Å²) >= 11 is 2.99. The van der Waals surface area contributed by atoms with Gasteiger partial charge in [-0.05, 0) is 28.3 Å². The molecule has 0 aliphatic rings. The van der Waals surface area contributed by atoms with Gasteiger partial charge in [0.25, 0.3) is 0 Å². The highest BCUT2D eigenvalue weighted by Gasteiger charge is 2.30. The molecule has 1 aromatic rings. The third-order valence-electron chi connectivity index (χ3n) is 1.69. The summed E-state index contributed by atoms with van der Waals surface area (Å²) in [4.78, 5) is 3.68. The molecule has 1 rings (SSSR count). The molecule has 0 unspecified atom stereocenters. The Balaban J connectivity index is 3.35. The molecular weight excluding hydrogens is 262 g/mol. The van der Waals surface area contributed by atoms with Crippen LogP contribution >= 0.6 is 15.9 Å². The van der Waals surface area contributed by atoms with E-state index in [-0.39, 0.29) is 5.88 Å². The Hall–Kier alpha value is -0.715. The van der Waals surface area contributed by atoms with Gasteiger partial charge in [-0.25, -0.2) is 4.98 Å². The van der Waals surface area contributed by atoms with Crippen molar-refractivity contribution in [2.45, 2.75) is 6.92 Å². The minimum Gasteiger partial charge on any atom is -0.483 e. The maximum atomic E-state index is 12.5. The first-order valence-corrected chi connectivity index (χ1v) is 4.56.